The van der Waals surface area contributed by atoms with Crippen LogP contribution < -0.4 is 10.1 Å². The molecule has 0 bridgehead atoms. The Kier molecular flexibility index (Phi) is 3.21. The number of hydrogen-bond donors (Lipinski definition) is 2. The molecule has 2 N–H and O–H groups in total. The van der Waals surface area contributed by atoms with E-state index in [9.17, 15) is 9.90 Å². The van der Waals surface area contributed by atoms with Gasteiger partial charge in [-0.1, -0.05) is 32.0 Å². The number of aliphatic hydroxyl groups is 1. The molecule has 0 saturated heterocycles. The highest BCUT2D eigenvalue weighted by molar-refractivity contribution is 5.85. The smallest absolute Gasteiger partial charge is 0.228 e. The van der Waals surface area contributed by atoms with E-state index >= 15 is 0 Å². The van der Waals surface area contributed by atoms with Crippen LogP contribution in [-0.4, -0.2) is 29.8 Å². The number of fused-ring (bicyclic) bond motifs is 1. The van der Waals surface area contributed by atoms with Crippen LogP contribution in [0.4, 0.5) is 0 Å². The van der Waals surface area contributed by atoms with Crippen LogP contribution in [0.25, 0.3) is 0 Å². The molecule has 0 radical (unpaired) electrons. The summed E-state index contributed by atoms with van der Waals surface area (Å²) in [5.74, 6) is 0.714. The van der Waals surface area contributed by atoms with Gasteiger partial charge in [-0.05, 0) is 18.9 Å². The maximum Gasteiger partial charge on any atom is 0.228 e. The first-order chi connectivity index (χ1) is 9.50. The molecular formula is C16H21NO3. The standard InChI is InChI=1S/C16H21NO3/c1-16(2)13(9-14(16)18)17-15(19)11-7-8-20-12-6-4-3-5-10(11)12/h3-6,11,13-14,18H,7-9H2,1-2H3,(H,17,19). The van der Waals surface area contributed by atoms with E-state index in [0.717, 1.165) is 11.3 Å². The van der Waals surface area contributed by atoms with E-state index in [0.29, 0.717) is 19.4 Å². The van der Waals surface area contributed by atoms with Gasteiger partial charge in [-0.25, -0.2) is 0 Å². The highest BCUT2D eigenvalue weighted by Crippen LogP contribution is 2.41. The van der Waals surface area contributed by atoms with Crippen LogP contribution in [0.2, 0.25) is 0 Å². The highest BCUT2D eigenvalue weighted by atomic mass is 16.5. The minimum absolute atomic E-state index is 0.0470. The largest absolute Gasteiger partial charge is 0.493 e. The summed E-state index contributed by atoms with van der Waals surface area (Å²) in [6.07, 6.45) is 1.03. The predicted molar refractivity (Wildman–Crippen MR) is 75.6 cm³/mol. The molecule has 1 heterocycles. The topological polar surface area (TPSA) is 58.6 Å². The highest BCUT2D eigenvalue weighted by Gasteiger charge is 2.48. The average molecular weight is 275 g/mol. The molecule has 1 aromatic rings. The van der Waals surface area contributed by atoms with Crippen LogP contribution in [0.5, 0.6) is 5.75 Å². The molecule has 1 aliphatic heterocycles. The number of ether oxygens (including phenoxy) is 1. The molecule has 4 nitrogen and oxygen atoms in total. The summed E-state index contributed by atoms with van der Waals surface area (Å²) in [6.45, 7) is 4.56. The van der Waals surface area contributed by atoms with Crippen LogP contribution in [0.15, 0.2) is 24.3 Å². The summed E-state index contributed by atoms with van der Waals surface area (Å²) in [7, 11) is 0. The van der Waals surface area contributed by atoms with E-state index in [2.05, 4.69) is 5.32 Å². The number of aliphatic hydroxyl groups excluding tert-OH is 1. The minimum Gasteiger partial charge on any atom is -0.493 e. The Bertz CT molecular complexity index is 526. The number of hydrogen-bond acceptors (Lipinski definition) is 3. The third kappa shape index (κ3) is 2.08. The first-order valence-corrected chi connectivity index (χ1v) is 7.20. The van der Waals surface area contributed by atoms with Crippen LogP contribution in [0.3, 0.4) is 0 Å². The van der Waals surface area contributed by atoms with Crippen molar-refractivity contribution in [1.82, 2.24) is 5.32 Å². The Morgan fingerprint density at radius 3 is 2.85 bits per heavy atom. The average Bonchev–Trinajstić information content (AvgIpc) is 2.46. The number of amides is 1. The molecule has 3 atom stereocenters. The molecule has 2 aliphatic rings. The van der Waals surface area contributed by atoms with E-state index in [4.69, 9.17) is 4.74 Å². The van der Waals surface area contributed by atoms with Gasteiger partial charge < -0.3 is 15.2 Å². The van der Waals surface area contributed by atoms with Gasteiger partial charge in [-0.3, -0.25) is 4.79 Å². The summed E-state index contributed by atoms with van der Waals surface area (Å²) in [5, 5.41) is 12.8. The Morgan fingerprint density at radius 1 is 1.40 bits per heavy atom. The molecule has 1 amide bonds. The van der Waals surface area contributed by atoms with Crippen molar-refractivity contribution in [2.75, 3.05) is 6.61 Å². The zero-order valence-electron chi connectivity index (χ0n) is 11.9. The summed E-state index contributed by atoms with van der Waals surface area (Å²) < 4.78 is 5.59. The van der Waals surface area contributed by atoms with Crippen LogP contribution in [0.1, 0.15) is 38.2 Å². The molecule has 0 spiro atoms. The molecular weight excluding hydrogens is 254 g/mol. The van der Waals surface area contributed by atoms with Crippen molar-refractivity contribution in [2.45, 2.75) is 44.8 Å². The normalized spacial score (nSPS) is 30.6. The van der Waals surface area contributed by atoms with Gasteiger partial charge in [0.15, 0.2) is 0 Å². The van der Waals surface area contributed by atoms with Gasteiger partial charge in [0, 0.05) is 17.0 Å². The molecule has 20 heavy (non-hydrogen) atoms. The Balaban J connectivity index is 1.73. The van der Waals surface area contributed by atoms with Crippen LogP contribution in [0, 0.1) is 5.41 Å². The first-order valence-electron chi connectivity index (χ1n) is 7.20. The Morgan fingerprint density at radius 2 is 2.15 bits per heavy atom. The summed E-state index contributed by atoms with van der Waals surface area (Å²) in [6, 6.07) is 7.78. The maximum absolute atomic E-state index is 12.5. The number of carbonyl (C=O) groups is 1. The maximum atomic E-state index is 12.5. The molecule has 108 valence electrons. The summed E-state index contributed by atoms with van der Waals surface area (Å²) in [5.41, 5.74) is 0.731. The SMILES string of the molecule is CC1(C)C(O)CC1NC(=O)C1CCOc2ccccc21. The lowest BCUT2D eigenvalue weighted by atomic mass is 9.64. The molecule has 0 aromatic heterocycles. The number of rotatable bonds is 2. The van der Waals surface area contributed by atoms with Gasteiger partial charge in [0.05, 0.1) is 18.6 Å². The molecule has 3 unspecified atom stereocenters. The summed E-state index contributed by atoms with van der Waals surface area (Å²) in [4.78, 5) is 12.5. The number of carbonyl (C=O) groups excluding carboxylic acids is 1. The van der Waals surface area contributed by atoms with E-state index in [-0.39, 0.29) is 29.4 Å². The van der Waals surface area contributed by atoms with Crippen molar-refractivity contribution in [3.05, 3.63) is 29.8 Å². The van der Waals surface area contributed by atoms with Gasteiger partial charge in [-0.15, -0.1) is 0 Å². The van der Waals surface area contributed by atoms with Crippen molar-refractivity contribution < 1.29 is 14.6 Å². The minimum atomic E-state index is -0.324. The van der Waals surface area contributed by atoms with Gasteiger partial charge in [0.1, 0.15) is 5.75 Å². The van der Waals surface area contributed by atoms with E-state index in [1.807, 2.05) is 38.1 Å². The molecule has 1 saturated carbocycles. The molecule has 3 rings (SSSR count). The lowest BCUT2D eigenvalue weighted by molar-refractivity contribution is -0.131. The second-order valence-corrected chi connectivity index (χ2v) is 6.36. The number of nitrogens with one attached hydrogen (secondary N) is 1. The molecule has 1 aliphatic carbocycles. The second-order valence-electron chi connectivity index (χ2n) is 6.36. The molecule has 1 fully saturated rings. The Hall–Kier alpha value is -1.55. The van der Waals surface area contributed by atoms with Crippen molar-refractivity contribution in [1.29, 1.82) is 0 Å². The van der Waals surface area contributed by atoms with Crippen molar-refractivity contribution in [2.24, 2.45) is 5.41 Å². The monoisotopic (exact) mass is 275 g/mol. The zero-order chi connectivity index (χ0) is 14.3. The van der Waals surface area contributed by atoms with E-state index in [1.165, 1.54) is 0 Å². The lowest BCUT2D eigenvalue weighted by Crippen LogP contribution is -2.61. The fraction of sp³-hybridized carbons (Fsp3) is 0.562. The van der Waals surface area contributed by atoms with Crippen LogP contribution in [-0.2, 0) is 4.79 Å². The van der Waals surface area contributed by atoms with Crippen molar-refractivity contribution in [3.8, 4) is 5.75 Å². The second kappa shape index (κ2) is 4.77. The summed E-state index contributed by atoms with van der Waals surface area (Å²) >= 11 is 0. The molecule has 4 heteroatoms. The quantitative estimate of drug-likeness (QED) is 0.865. The third-order valence-electron chi connectivity index (χ3n) is 4.81. The van der Waals surface area contributed by atoms with Gasteiger partial charge >= 0.3 is 0 Å². The lowest BCUT2D eigenvalue weighted by Gasteiger charge is -2.49. The Labute approximate surface area is 119 Å². The number of para-hydroxylation sites is 1. The van der Waals surface area contributed by atoms with Gasteiger partial charge in [0.25, 0.3) is 0 Å². The van der Waals surface area contributed by atoms with Crippen molar-refractivity contribution >= 4 is 5.91 Å². The fourth-order valence-electron chi connectivity index (χ4n) is 3.03. The van der Waals surface area contributed by atoms with E-state index in [1.54, 1.807) is 0 Å². The predicted octanol–water partition coefficient (Wildman–Crippen LogP) is 1.83. The number of benzene rings is 1. The van der Waals surface area contributed by atoms with E-state index < -0.39 is 0 Å². The zero-order valence-corrected chi connectivity index (χ0v) is 11.9. The fourth-order valence-corrected chi connectivity index (χ4v) is 3.03. The van der Waals surface area contributed by atoms with Gasteiger partial charge in [0.2, 0.25) is 5.91 Å². The van der Waals surface area contributed by atoms with Crippen molar-refractivity contribution in [3.63, 3.8) is 0 Å². The first kappa shape index (κ1) is 13.4. The van der Waals surface area contributed by atoms with Crippen LogP contribution >= 0.6 is 0 Å². The van der Waals surface area contributed by atoms with Gasteiger partial charge in [-0.2, -0.15) is 0 Å². The molecule has 1 aromatic carbocycles. The third-order valence-corrected chi connectivity index (χ3v) is 4.81.